The average Bonchev–Trinajstić information content (AvgIpc) is 1.90. The Labute approximate surface area is 68.0 Å². The first-order valence-corrected chi connectivity index (χ1v) is 2.38. The molecule has 0 spiro atoms. The van der Waals surface area contributed by atoms with Crippen LogP contribution >= 0.6 is 0 Å². The van der Waals surface area contributed by atoms with Crippen LogP contribution in [0.5, 0.6) is 0 Å². The predicted molar refractivity (Wildman–Crippen MR) is 31.2 cm³/mol. The van der Waals surface area contributed by atoms with Crippen LogP contribution in [-0.4, -0.2) is 0 Å². The van der Waals surface area contributed by atoms with Crippen molar-refractivity contribution in [2.75, 3.05) is 0 Å². The number of nitrogens with zero attached hydrogens (tertiary/aromatic N) is 1. The first-order chi connectivity index (χ1) is 3.93. The van der Waals surface area contributed by atoms with Crippen LogP contribution in [0.3, 0.4) is 0 Å². The summed E-state index contributed by atoms with van der Waals surface area (Å²) >= 11 is 0. The van der Waals surface area contributed by atoms with E-state index in [1.54, 1.807) is 12.1 Å². The largest absolute Gasteiger partial charge is 2.00 e. The second-order valence-corrected chi connectivity index (χ2v) is 1.48. The van der Waals surface area contributed by atoms with E-state index in [-0.39, 0.29) is 20.4 Å². The van der Waals surface area contributed by atoms with Crippen molar-refractivity contribution >= 4 is 0 Å². The maximum absolute atomic E-state index is 8.29. The second kappa shape index (κ2) is 4.27. The van der Waals surface area contributed by atoms with Gasteiger partial charge in [-0.1, -0.05) is 18.2 Å². The molecule has 0 atom stereocenters. The molecule has 0 aromatic heterocycles. The molecule has 0 saturated heterocycles. The molecule has 1 aromatic rings. The number of rotatable bonds is 0. The third-order valence-electron chi connectivity index (χ3n) is 0.903. The summed E-state index contributed by atoms with van der Waals surface area (Å²) in [7, 11) is 0. The smallest absolute Gasteiger partial charge is 0.192 e. The summed E-state index contributed by atoms with van der Waals surface area (Å²) in [4.78, 5) is 0. The molecule has 0 unspecified atom stereocenters. The van der Waals surface area contributed by atoms with E-state index in [0.717, 1.165) is 0 Å². The molecule has 0 bridgehead atoms. The van der Waals surface area contributed by atoms with Gasteiger partial charge in [-0.25, -0.2) is 0 Å². The molecule has 0 aliphatic heterocycles. The van der Waals surface area contributed by atoms with Crippen molar-refractivity contribution in [2.24, 2.45) is 0 Å². The second-order valence-electron chi connectivity index (χ2n) is 1.48. The minimum absolute atomic E-state index is 0. The van der Waals surface area contributed by atoms with E-state index in [1.807, 2.05) is 24.3 Å². The predicted octanol–water partition coefficient (Wildman–Crippen LogP) is 1.56. The normalized spacial score (nSPS) is 7.00. The number of nitriles is 1. The summed E-state index contributed by atoms with van der Waals surface area (Å²) in [5.41, 5.74) is 0.715. The van der Waals surface area contributed by atoms with E-state index >= 15 is 0 Å². The van der Waals surface area contributed by atoms with Crippen LogP contribution in [-0.2, 0) is 20.4 Å². The molecular formula is C7H5NPd+2. The van der Waals surface area contributed by atoms with Crippen molar-refractivity contribution < 1.29 is 20.4 Å². The first-order valence-electron chi connectivity index (χ1n) is 2.38. The SMILES string of the molecule is N#Cc1ccccc1.[Pd+2]. The van der Waals surface area contributed by atoms with Crippen LogP contribution in [0.15, 0.2) is 30.3 Å². The van der Waals surface area contributed by atoms with E-state index < -0.39 is 0 Å². The topological polar surface area (TPSA) is 23.8 Å². The first kappa shape index (κ1) is 8.37. The molecule has 1 rings (SSSR count). The van der Waals surface area contributed by atoms with Gasteiger partial charge in [0.25, 0.3) is 0 Å². The standard InChI is InChI=1S/C7H5N.Pd/c8-6-7-4-2-1-3-5-7;/h1-5H;/q;+2. The zero-order valence-electron chi connectivity index (χ0n) is 4.65. The third-order valence-corrected chi connectivity index (χ3v) is 0.903. The van der Waals surface area contributed by atoms with Gasteiger partial charge in [-0.2, -0.15) is 5.26 Å². The van der Waals surface area contributed by atoms with Gasteiger partial charge >= 0.3 is 20.4 Å². The molecule has 0 amide bonds. The van der Waals surface area contributed by atoms with Crippen LogP contribution in [0.2, 0.25) is 0 Å². The van der Waals surface area contributed by atoms with Crippen LogP contribution in [0, 0.1) is 11.3 Å². The van der Waals surface area contributed by atoms with Gasteiger partial charge in [0.1, 0.15) is 0 Å². The van der Waals surface area contributed by atoms with Gasteiger partial charge in [0.15, 0.2) is 0 Å². The number of hydrogen-bond donors (Lipinski definition) is 0. The summed E-state index contributed by atoms with van der Waals surface area (Å²) in [6.45, 7) is 0. The van der Waals surface area contributed by atoms with E-state index in [1.165, 1.54) is 0 Å². The molecule has 9 heavy (non-hydrogen) atoms. The molecule has 2 heteroatoms. The Hall–Kier alpha value is -0.628. The quantitative estimate of drug-likeness (QED) is 0.595. The summed E-state index contributed by atoms with van der Waals surface area (Å²) in [5, 5.41) is 8.29. The summed E-state index contributed by atoms with van der Waals surface area (Å²) in [5.74, 6) is 0. The van der Waals surface area contributed by atoms with Crippen LogP contribution in [0.25, 0.3) is 0 Å². The van der Waals surface area contributed by atoms with Crippen LogP contribution < -0.4 is 0 Å². The summed E-state index contributed by atoms with van der Waals surface area (Å²) < 4.78 is 0. The maximum atomic E-state index is 8.29. The van der Waals surface area contributed by atoms with Crippen molar-refractivity contribution in [1.82, 2.24) is 0 Å². The van der Waals surface area contributed by atoms with Crippen molar-refractivity contribution in [1.29, 1.82) is 5.26 Å². The fraction of sp³-hybridized carbons (Fsp3) is 0. The molecule has 1 nitrogen and oxygen atoms in total. The molecule has 0 aliphatic carbocycles. The Morgan fingerprint density at radius 3 is 2.00 bits per heavy atom. The van der Waals surface area contributed by atoms with Gasteiger partial charge in [-0.05, 0) is 12.1 Å². The zero-order valence-corrected chi connectivity index (χ0v) is 6.20. The third kappa shape index (κ3) is 2.42. The van der Waals surface area contributed by atoms with Crippen molar-refractivity contribution in [3.63, 3.8) is 0 Å². The van der Waals surface area contributed by atoms with Crippen LogP contribution in [0.4, 0.5) is 0 Å². The Morgan fingerprint density at radius 1 is 1.11 bits per heavy atom. The van der Waals surface area contributed by atoms with Crippen molar-refractivity contribution in [3.8, 4) is 6.07 Å². The van der Waals surface area contributed by atoms with E-state index in [4.69, 9.17) is 5.26 Å². The molecule has 0 heterocycles. The van der Waals surface area contributed by atoms with E-state index in [2.05, 4.69) is 0 Å². The zero-order chi connectivity index (χ0) is 5.82. The molecule has 0 N–H and O–H groups in total. The van der Waals surface area contributed by atoms with Gasteiger partial charge in [0.05, 0.1) is 11.6 Å². The van der Waals surface area contributed by atoms with Crippen molar-refractivity contribution in [2.45, 2.75) is 0 Å². The van der Waals surface area contributed by atoms with E-state index in [0.29, 0.717) is 5.56 Å². The molecule has 0 saturated carbocycles. The molecule has 1 aromatic carbocycles. The average molecular weight is 210 g/mol. The van der Waals surface area contributed by atoms with E-state index in [9.17, 15) is 0 Å². The Morgan fingerprint density at radius 2 is 1.67 bits per heavy atom. The Balaban J connectivity index is 0.000000640. The molecule has 0 aliphatic rings. The minimum atomic E-state index is 0. The monoisotopic (exact) mass is 209 g/mol. The number of hydrogen-bond acceptors (Lipinski definition) is 1. The van der Waals surface area contributed by atoms with Crippen molar-refractivity contribution in [3.05, 3.63) is 35.9 Å². The fourth-order valence-electron chi connectivity index (χ4n) is 0.513. The molecule has 0 radical (unpaired) electrons. The maximum Gasteiger partial charge on any atom is 2.00 e. The molecule has 0 fully saturated rings. The van der Waals surface area contributed by atoms with Gasteiger partial charge in [0.2, 0.25) is 0 Å². The van der Waals surface area contributed by atoms with Gasteiger partial charge in [-0.3, -0.25) is 0 Å². The van der Waals surface area contributed by atoms with Gasteiger partial charge in [-0.15, -0.1) is 0 Å². The van der Waals surface area contributed by atoms with Crippen LogP contribution in [0.1, 0.15) is 5.56 Å². The molecule has 46 valence electrons. The summed E-state index contributed by atoms with van der Waals surface area (Å²) in [6.07, 6.45) is 0. The van der Waals surface area contributed by atoms with Gasteiger partial charge in [0, 0.05) is 0 Å². The fourth-order valence-corrected chi connectivity index (χ4v) is 0.513. The Bertz CT molecular complexity index is 200. The number of benzene rings is 1. The summed E-state index contributed by atoms with van der Waals surface area (Å²) in [6, 6.07) is 11.2. The minimum Gasteiger partial charge on any atom is -0.192 e. The Kier molecular flexibility index (Phi) is 3.97. The van der Waals surface area contributed by atoms with Gasteiger partial charge < -0.3 is 0 Å². The molecular weight excluding hydrogens is 205 g/mol.